The summed E-state index contributed by atoms with van der Waals surface area (Å²) in [5.74, 6) is -0.0317. The molecule has 0 amide bonds. The zero-order chi connectivity index (χ0) is 19.0. The van der Waals surface area contributed by atoms with E-state index in [9.17, 15) is 9.90 Å². The third-order valence-corrected chi connectivity index (χ3v) is 5.95. The van der Waals surface area contributed by atoms with Crippen molar-refractivity contribution in [3.63, 3.8) is 0 Å². The summed E-state index contributed by atoms with van der Waals surface area (Å²) in [6.45, 7) is 2.15. The van der Waals surface area contributed by atoms with Crippen molar-refractivity contribution in [2.24, 2.45) is 0 Å². The summed E-state index contributed by atoms with van der Waals surface area (Å²) >= 11 is 7.78. The quantitative estimate of drug-likeness (QED) is 0.430. The highest BCUT2D eigenvalue weighted by Crippen LogP contribution is 2.46. The van der Waals surface area contributed by atoms with E-state index in [1.807, 2.05) is 42.5 Å². The highest BCUT2D eigenvalue weighted by atomic mass is 35.5. The van der Waals surface area contributed by atoms with Gasteiger partial charge in [-0.25, -0.2) is 0 Å². The van der Waals surface area contributed by atoms with Gasteiger partial charge in [0.25, 0.3) is 5.56 Å². The highest BCUT2D eigenvalue weighted by Gasteiger charge is 2.21. The van der Waals surface area contributed by atoms with Crippen LogP contribution in [0.15, 0.2) is 59.4 Å². The first-order chi connectivity index (χ1) is 13.1. The third kappa shape index (κ3) is 3.15. The van der Waals surface area contributed by atoms with E-state index in [0.717, 1.165) is 24.0 Å². The fourth-order valence-corrected chi connectivity index (χ4v) is 4.75. The molecule has 5 heteroatoms. The van der Waals surface area contributed by atoms with Crippen LogP contribution in [0.3, 0.4) is 0 Å². The van der Waals surface area contributed by atoms with E-state index in [-0.39, 0.29) is 16.9 Å². The number of nitrogens with one attached hydrogen (secondary N) is 1. The van der Waals surface area contributed by atoms with E-state index < -0.39 is 0 Å². The number of aromatic hydroxyl groups is 1. The van der Waals surface area contributed by atoms with E-state index in [0.29, 0.717) is 20.1 Å². The van der Waals surface area contributed by atoms with E-state index in [1.54, 1.807) is 0 Å². The predicted octanol–water partition coefficient (Wildman–Crippen LogP) is 6.24. The molecule has 0 aliphatic heterocycles. The molecule has 0 bridgehead atoms. The number of hydrogen-bond donors (Lipinski definition) is 2. The van der Waals surface area contributed by atoms with Crippen molar-refractivity contribution in [2.45, 2.75) is 19.8 Å². The minimum absolute atomic E-state index is 0.0317. The fourth-order valence-electron chi connectivity index (χ4n) is 3.37. The van der Waals surface area contributed by atoms with Crippen molar-refractivity contribution in [3.05, 3.63) is 74.9 Å². The smallest absolute Gasteiger partial charge is 0.260 e. The number of halogens is 1. The van der Waals surface area contributed by atoms with Crippen LogP contribution >= 0.6 is 22.9 Å². The van der Waals surface area contributed by atoms with Crippen LogP contribution in [0.4, 0.5) is 0 Å². The lowest BCUT2D eigenvalue weighted by atomic mass is 9.99. The standard InChI is InChI=1S/C22H18ClNO2S/c1-2-6-13-9-11-15(12-10-13)16-18-19(25)17(14-7-4-3-5-8-14)21(26)24-22(18)27-20(16)23/h3-5,7-12H,2,6H2,1H3,(H2,24,25,26). The van der Waals surface area contributed by atoms with Crippen molar-refractivity contribution in [3.8, 4) is 28.0 Å². The van der Waals surface area contributed by atoms with Crippen LogP contribution in [0.1, 0.15) is 18.9 Å². The molecular formula is C22H18ClNO2S. The molecule has 4 aromatic rings. The molecule has 0 aliphatic rings. The lowest BCUT2D eigenvalue weighted by Gasteiger charge is -2.08. The van der Waals surface area contributed by atoms with Crippen LogP contribution in [-0.4, -0.2) is 10.1 Å². The summed E-state index contributed by atoms with van der Waals surface area (Å²) in [6.07, 6.45) is 2.11. The largest absolute Gasteiger partial charge is 0.506 e. The highest BCUT2D eigenvalue weighted by molar-refractivity contribution is 7.23. The molecule has 3 nitrogen and oxygen atoms in total. The fraction of sp³-hybridized carbons (Fsp3) is 0.136. The maximum atomic E-state index is 12.6. The summed E-state index contributed by atoms with van der Waals surface area (Å²) in [6, 6.07) is 17.4. The van der Waals surface area contributed by atoms with Gasteiger partial charge in [0, 0.05) is 5.56 Å². The van der Waals surface area contributed by atoms with Crippen molar-refractivity contribution in [1.82, 2.24) is 4.98 Å². The number of H-pyrrole nitrogens is 1. The molecule has 0 atom stereocenters. The first-order valence-corrected chi connectivity index (χ1v) is 10.0. The van der Waals surface area contributed by atoms with Gasteiger partial charge in [0.15, 0.2) is 0 Å². The maximum Gasteiger partial charge on any atom is 0.260 e. The van der Waals surface area contributed by atoms with E-state index in [4.69, 9.17) is 11.6 Å². The van der Waals surface area contributed by atoms with Crippen molar-refractivity contribution in [2.75, 3.05) is 0 Å². The van der Waals surface area contributed by atoms with Gasteiger partial charge in [-0.15, -0.1) is 11.3 Å². The number of thiophene rings is 1. The molecule has 2 aromatic heterocycles. The topological polar surface area (TPSA) is 53.1 Å². The second-order valence-corrected chi connectivity index (χ2v) is 8.07. The minimum atomic E-state index is -0.325. The number of aromatic nitrogens is 1. The Bertz CT molecular complexity index is 1160. The molecular weight excluding hydrogens is 378 g/mol. The Morgan fingerprint density at radius 1 is 1.00 bits per heavy atom. The van der Waals surface area contributed by atoms with Gasteiger partial charge in [-0.1, -0.05) is 79.5 Å². The first-order valence-electron chi connectivity index (χ1n) is 8.82. The van der Waals surface area contributed by atoms with E-state index in [2.05, 4.69) is 24.0 Å². The molecule has 4 rings (SSSR count). The van der Waals surface area contributed by atoms with E-state index in [1.165, 1.54) is 16.9 Å². The molecule has 2 N–H and O–H groups in total. The summed E-state index contributed by atoms with van der Waals surface area (Å²) < 4.78 is 0.546. The summed E-state index contributed by atoms with van der Waals surface area (Å²) in [5, 5.41) is 11.6. The Morgan fingerprint density at radius 3 is 2.33 bits per heavy atom. The Balaban J connectivity index is 1.97. The van der Waals surface area contributed by atoms with Gasteiger partial charge in [0.1, 0.15) is 14.9 Å². The molecule has 0 unspecified atom stereocenters. The van der Waals surface area contributed by atoms with Gasteiger partial charge >= 0.3 is 0 Å². The van der Waals surface area contributed by atoms with Crippen molar-refractivity contribution < 1.29 is 5.11 Å². The molecule has 0 aliphatic carbocycles. The molecule has 2 heterocycles. The van der Waals surface area contributed by atoms with Crippen LogP contribution in [-0.2, 0) is 6.42 Å². The Hall–Kier alpha value is -2.56. The average molecular weight is 396 g/mol. The number of pyridine rings is 1. The van der Waals surface area contributed by atoms with Crippen molar-refractivity contribution >= 4 is 33.2 Å². The van der Waals surface area contributed by atoms with Crippen LogP contribution in [0, 0.1) is 0 Å². The molecule has 0 fully saturated rings. The molecule has 27 heavy (non-hydrogen) atoms. The lowest BCUT2D eigenvalue weighted by molar-refractivity contribution is 0.483. The predicted molar refractivity (Wildman–Crippen MR) is 114 cm³/mol. The SMILES string of the molecule is CCCc1ccc(-c2c(Cl)sc3[nH]c(=O)c(-c4ccccc4)c(O)c23)cc1. The molecule has 0 saturated carbocycles. The van der Waals surface area contributed by atoms with Crippen LogP contribution in [0.5, 0.6) is 5.75 Å². The Kier molecular flexibility index (Phi) is 4.77. The minimum Gasteiger partial charge on any atom is -0.506 e. The zero-order valence-corrected chi connectivity index (χ0v) is 16.3. The maximum absolute atomic E-state index is 12.6. The summed E-state index contributed by atoms with van der Waals surface area (Å²) in [5.41, 5.74) is 3.55. The number of aryl methyl sites for hydroxylation is 1. The number of aromatic amines is 1. The summed E-state index contributed by atoms with van der Waals surface area (Å²) in [7, 11) is 0. The number of benzene rings is 2. The number of hydrogen-bond acceptors (Lipinski definition) is 3. The average Bonchev–Trinajstić information content (AvgIpc) is 2.99. The van der Waals surface area contributed by atoms with Gasteiger partial charge in [0.05, 0.1) is 10.9 Å². The van der Waals surface area contributed by atoms with Crippen molar-refractivity contribution in [1.29, 1.82) is 0 Å². The molecule has 2 aromatic carbocycles. The van der Waals surface area contributed by atoms with Crippen LogP contribution in [0.2, 0.25) is 4.34 Å². The van der Waals surface area contributed by atoms with E-state index >= 15 is 0 Å². The van der Waals surface area contributed by atoms with Gasteiger partial charge in [-0.3, -0.25) is 4.79 Å². The van der Waals surface area contributed by atoms with Gasteiger partial charge in [0.2, 0.25) is 0 Å². The summed E-state index contributed by atoms with van der Waals surface area (Å²) in [4.78, 5) is 16.0. The number of fused-ring (bicyclic) bond motifs is 1. The molecule has 0 spiro atoms. The molecule has 0 saturated heterocycles. The van der Waals surface area contributed by atoms with Gasteiger partial charge in [-0.05, 0) is 23.1 Å². The monoisotopic (exact) mass is 395 g/mol. The third-order valence-electron chi connectivity index (χ3n) is 4.64. The van der Waals surface area contributed by atoms with Crippen LogP contribution < -0.4 is 5.56 Å². The number of rotatable bonds is 4. The molecule has 136 valence electrons. The lowest BCUT2D eigenvalue weighted by Crippen LogP contribution is -2.08. The Morgan fingerprint density at radius 2 is 1.67 bits per heavy atom. The van der Waals surface area contributed by atoms with Gasteiger partial charge < -0.3 is 10.1 Å². The van der Waals surface area contributed by atoms with Gasteiger partial charge in [-0.2, -0.15) is 0 Å². The Labute approximate surface area is 165 Å². The second-order valence-electron chi connectivity index (χ2n) is 6.45. The zero-order valence-electron chi connectivity index (χ0n) is 14.8. The van der Waals surface area contributed by atoms with Crippen LogP contribution in [0.25, 0.3) is 32.5 Å². The molecule has 0 radical (unpaired) electrons. The normalized spacial score (nSPS) is 11.2. The second kappa shape index (κ2) is 7.22. The first kappa shape index (κ1) is 17.8.